The van der Waals surface area contributed by atoms with Crippen LogP contribution >= 0.6 is 23.2 Å². The fourth-order valence-corrected chi connectivity index (χ4v) is 3.37. The molecule has 0 aliphatic rings. The average Bonchev–Trinajstić information content (AvgIpc) is 3.12. The van der Waals surface area contributed by atoms with Crippen molar-refractivity contribution < 1.29 is 9.13 Å². The Bertz CT molecular complexity index is 1460. The summed E-state index contributed by atoms with van der Waals surface area (Å²) in [5.41, 5.74) is 2.41. The number of aryl methyl sites for hydroxylation is 1. The summed E-state index contributed by atoms with van der Waals surface area (Å²) in [5, 5.41) is 3.35. The Kier molecular flexibility index (Phi) is 4.76. The number of pyridine rings is 2. The largest absolute Gasteiger partial charge is 0.454 e. The molecular weight excluding hydrogens is 444 g/mol. The maximum absolute atomic E-state index is 14.8. The number of nitrogens with one attached hydrogen (secondary N) is 1. The number of halogens is 3. The van der Waals surface area contributed by atoms with Gasteiger partial charge in [-0.25, -0.2) is 29.3 Å². The molecule has 8 nitrogen and oxygen atoms in total. The molecule has 0 unspecified atom stereocenters. The molecule has 31 heavy (non-hydrogen) atoms. The lowest BCUT2D eigenvalue weighted by Crippen LogP contribution is -2.00. The highest BCUT2D eigenvalue weighted by Gasteiger charge is 2.14. The molecule has 1 aromatic carbocycles. The van der Waals surface area contributed by atoms with E-state index in [2.05, 4.69) is 30.2 Å². The van der Waals surface area contributed by atoms with Gasteiger partial charge >= 0.3 is 0 Å². The van der Waals surface area contributed by atoms with Gasteiger partial charge < -0.3 is 14.6 Å². The van der Waals surface area contributed by atoms with Crippen molar-refractivity contribution in [2.45, 2.75) is 0 Å². The molecule has 0 aliphatic carbocycles. The molecule has 5 rings (SSSR count). The maximum atomic E-state index is 14.8. The van der Waals surface area contributed by atoms with Crippen molar-refractivity contribution in [3.63, 3.8) is 0 Å². The monoisotopic (exact) mass is 455 g/mol. The van der Waals surface area contributed by atoms with Crippen LogP contribution in [-0.2, 0) is 7.05 Å². The van der Waals surface area contributed by atoms with Crippen LogP contribution in [0.15, 0.2) is 49.2 Å². The predicted molar refractivity (Wildman–Crippen MR) is 116 cm³/mol. The van der Waals surface area contributed by atoms with Crippen LogP contribution in [0.1, 0.15) is 0 Å². The molecular formula is C20H12Cl2FN7O. The van der Waals surface area contributed by atoms with E-state index in [1.165, 1.54) is 24.7 Å². The van der Waals surface area contributed by atoms with E-state index >= 15 is 0 Å². The molecule has 0 radical (unpaired) electrons. The Morgan fingerprint density at radius 2 is 1.90 bits per heavy atom. The number of hydrogen-bond donors (Lipinski definition) is 1. The summed E-state index contributed by atoms with van der Waals surface area (Å²) >= 11 is 12.3. The molecule has 0 amide bonds. The van der Waals surface area contributed by atoms with Gasteiger partial charge in [0.15, 0.2) is 11.5 Å². The number of rotatable bonds is 4. The van der Waals surface area contributed by atoms with Crippen molar-refractivity contribution in [3.8, 4) is 11.5 Å². The van der Waals surface area contributed by atoms with Gasteiger partial charge in [0.25, 0.3) is 0 Å². The van der Waals surface area contributed by atoms with Crippen LogP contribution in [0.2, 0.25) is 10.2 Å². The van der Waals surface area contributed by atoms with E-state index in [1.807, 2.05) is 7.05 Å². The Morgan fingerprint density at radius 3 is 2.77 bits per heavy atom. The second kappa shape index (κ2) is 7.60. The molecule has 0 fully saturated rings. The minimum absolute atomic E-state index is 0.0948. The SMILES string of the molecule is Cn1cnc2cc(Oc3cc(F)c(Nc4ncnc5ccc(Cl)nc45)cc3Cl)cnc21. The van der Waals surface area contributed by atoms with E-state index < -0.39 is 5.82 Å². The van der Waals surface area contributed by atoms with Gasteiger partial charge in [0.2, 0.25) is 0 Å². The smallest absolute Gasteiger partial charge is 0.160 e. The van der Waals surface area contributed by atoms with Gasteiger partial charge in [0, 0.05) is 19.2 Å². The van der Waals surface area contributed by atoms with Crippen LogP contribution in [0.4, 0.5) is 15.9 Å². The zero-order valence-electron chi connectivity index (χ0n) is 15.8. The molecule has 4 heterocycles. The number of anilines is 2. The standard InChI is InChI=1S/C20H12Cl2FN7O/c1-30-9-27-15-4-10(7-24-20(15)30)31-16-6-12(23)14(5-11(16)21)28-19-18-13(25-8-26-19)2-3-17(22)29-18/h2-9H,1H3,(H,25,26,28). The van der Waals surface area contributed by atoms with E-state index in [-0.39, 0.29) is 21.6 Å². The Labute approximate surface area is 184 Å². The van der Waals surface area contributed by atoms with Crippen molar-refractivity contribution in [2.24, 2.45) is 7.05 Å². The van der Waals surface area contributed by atoms with Crippen LogP contribution in [-0.4, -0.2) is 29.5 Å². The Morgan fingerprint density at radius 1 is 1.03 bits per heavy atom. The summed E-state index contributed by atoms with van der Waals surface area (Å²) in [6.07, 6.45) is 4.51. The Balaban J connectivity index is 1.46. The van der Waals surface area contributed by atoms with Crippen LogP contribution in [0.3, 0.4) is 0 Å². The summed E-state index contributed by atoms with van der Waals surface area (Å²) in [5.74, 6) is 0.213. The summed E-state index contributed by atoms with van der Waals surface area (Å²) in [4.78, 5) is 21.0. The molecule has 1 N–H and O–H groups in total. The molecule has 0 saturated carbocycles. The molecule has 11 heteroatoms. The first-order valence-electron chi connectivity index (χ1n) is 8.96. The zero-order valence-corrected chi connectivity index (χ0v) is 17.4. The van der Waals surface area contributed by atoms with Gasteiger partial charge in [-0.3, -0.25) is 0 Å². The first-order chi connectivity index (χ1) is 15.0. The molecule has 154 valence electrons. The number of hydrogen-bond acceptors (Lipinski definition) is 7. The minimum atomic E-state index is -0.597. The molecule has 0 atom stereocenters. The molecule has 5 aromatic rings. The van der Waals surface area contributed by atoms with E-state index in [1.54, 1.807) is 29.1 Å². The summed E-state index contributed by atoms with van der Waals surface area (Å²) in [6, 6.07) is 7.59. The van der Waals surface area contributed by atoms with Gasteiger partial charge in [0.05, 0.1) is 28.8 Å². The number of ether oxygens (including phenoxy) is 1. The van der Waals surface area contributed by atoms with E-state index in [4.69, 9.17) is 27.9 Å². The van der Waals surface area contributed by atoms with Crippen LogP contribution in [0.25, 0.3) is 22.2 Å². The van der Waals surface area contributed by atoms with Gasteiger partial charge in [-0.15, -0.1) is 0 Å². The van der Waals surface area contributed by atoms with Crippen LogP contribution < -0.4 is 10.1 Å². The second-order valence-corrected chi connectivity index (χ2v) is 7.38. The van der Waals surface area contributed by atoms with Crippen LogP contribution in [0, 0.1) is 5.82 Å². The lowest BCUT2D eigenvalue weighted by Gasteiger charge is -2.12. The predicted octanol–water partition coefficient (Wildman–Crippen LogP) is 5.29. The van der Waals surface area contributed by atoms with Crippen LogP contribution in [0.5, 0.6) is 11.5 Å². The fourth-order valence-electron chi connectivity index (χ4n) is 3.02. The summed E-state index contributed by atoms with van der Waals surface area (Å²) in [7, 11) is 1.84. The van der Waals surface area contributed by atoms with E-state index in [0.29, 0.717) is 33.8 Å². The number of aromatic nitrogens is 6. The van der Waals surface area contributed by atoms with Gasteiger partial charge in [0.1, 0.15) is 39.8 Å². The summed E-state index contributed by atoms with van der Waals surface area (Å²) < 4.78 is 22.3. The minimum Gasteiger partial charge on any atom is -0.454 e. The van der Waals surface area contributed by atoms with E-state index in [0.717, 1.165) is 0 Å². The summed E-state index contributed by atoms with van der Waals surface area (Å²) in [6.45, 7) is 0. The highest BCUT2D eigenvalue weighted by atomic mass is 35.5. The first-order valence-corrected chi connectivity index (χ1v) is 9.72. The Hall–Kier alpha value is -3.56. The van der Waals surface area contributed by atoms with Crippen molar-refractivity contribution >= 4 is 56.9 Å². The molecule has 4 aromatic heterocycles. The third-order valence-corrected chi connectivity index (χ3v) is 4.98. The van der Waals surface area contributed by atoms with Gasteiger partial charge in [-0.05, 0) is 18.2 Å². The zero-order chi connectivity index (χ0) is 21.5. The molecule has 0 saturated heterocycles. The number of benzene rings is 1. The molecule has 0 aliphatic heterocycles. The fraction of sp³-hybridized carbons (Fsp3) is 0.0500. The lowest BCUT2D eigenvalue weighted by atomic mass is 10.2. The number of fused-ring (bicyclic) bond motifs is 2. The third kappa shape index (κ3) is 3.69. The average molecular weight is 456 g/mol. The highest BCUT2D eigenvalue weighted by molar-refractivity contribution is 6.32. The van der Waals surface area contributed by atoms with Crippen molar-refractivity contribution in [1.82, 2.24) is 29.5 Å². The molecule has 0 bridgehead atoms. The highest BCUT2D eigenvalue weighted by Crippen LogP contribution is 2.35. The van der Waals surface area contributed by atoms with Crippen molar-refractivity contribution in [2.75, 3.05) is 5.32 Å². The normalized spacial score (nSPS) is 11.2. The van der Waals surface area contributed by atoms with Gasteiger partial charge in [-0.2, -0.15) is 0 Å². The number of nitrogens with zero attached hydrogens (tertiary/aromatic N) is 6. The molecule has 0 spiro atoms. The quantitative estimate of drug-likeness (QED) is 0.368. The first kappa shape index (κ1) is 19.4. The van der Waals surface area contributed by atoms with Crippen molar-refractivity contribution in [1.29, 1.82) is 0 Å². The van der Waals surface area contributed by atoms with Gasteiger partial charge in [-0.1, -0.05) is 23.2 Å². The lowest BCUT2D eigenvalue weighted by molar-refractivity contribution is 0.476. The topological polar surface area (TPSA) is 90.6 Å². The van der Waals surface area contributed by atoms with Crippen molar-refractivity contribution in [3.05, 3.63) is 65.2 Å². The maximum Gasteiger partial charge on any atom is 0.160 e. The van der Waals surface area contributed by atoms with E-state index in [9.17, 15) is 4.39 Å². The third-order valence-electron chi connectivity index (χ3n) is 4.48. The second-order valence-electron chi connectivity index (χ2n) is 6.58. The number of imidazole rings is 1.